The lowest BCUT2D eigenvalue weighted by Crippen LogP contribution is -2.26. The van der Waals surface area contributed by atoms with Crippen molar-refractivity contribution in [1.29, 1.82) is 0 Å². The highest BCUT2D eigenvalue weighted by Crippen LogP contribution is 2.34. The molecule has 0 spiro atoms. The third-order valence-corrected chi connectivity index (χ3v) is 4.19. The number of nitrogens with one attached hydrogen (secondary N) is 1. The average molecular weight is 382 g/mol. The first kappa shape index (κ1) is 20.6. The van der Waals surface area contributed by atoms with Crippen molar-refractivity contribution in [3.8, 4) is 11.5 Å². The van der Waals surface area contributed by atoms with Gasteiger partial charge in [-0.3, -0.25) is 4.90 Å². The first-order valence-corrected chi connectivity index (χ1v) is 9.36. The number of aromatic nitrogens is 2. The van der Waals surface area contributed by atoms with Crippen LogP contribution in [-0.4, -0.2) is 46.3 Å². The van der Waals surface area contributed by atoms with Gasteiger partial charge < -0.3 is 19.6 Å². The van der Waals surface area contributed by atoms with Crippen LogP contribution in [0.1, 0.15) is 37.4 Å². The van der Waals surface area contributed by atoms with Crippen molar-refractivity contribution in [3.05, 3.63) is 40.4 Å². The van der Waals surface area contributed by atoms with Gasteiger partial charge in [0, 0.05) is 42.6 Å². The maximum atomic E-state index is 9.40. The van der Waals surface area contributed by atoms with Gasteiger partial charge in [-0.15, -0.1) is 0 Å². The maximum absolute atomic E-state index is 9.40. The number of imidazole rings is 1. The number of aliphatic hydroxyl groups excluding tert-OH is 1. The van der Waals surface area contributed by atoms with E-state index in [4.69, 9.17) is 21.1 Å². The van der Waals surface area contributed by atoms with Crippen LogP contribution in [0.2, 0.25) is 5.02 Å². The lowest BCUT2D eigenvalue weighted by Gasteiger charge is -2.22. The summed E-state index contributed by atoms with van der Waals surface area (Å²) in [6.07, 6.45) is 2.73. The summed E-state index contributed by atoms with van der Waals surface area (Å²) in [6.45, 7) is 8.92. The van der Waals surface area contributed by atoms with E-state index in [1.807, 2.05) is 32.2 Å². The van der Waals surface area contributed by atoms with E-state index in [1.165, 1.54) is 0 Å². The van der Waals surface area contributed by atoms with Crippen LogP contribution in [0.25, 0.3) is 0 Å². The minimum absolute atomic E-state index is 0.0702. The molecule has 26 heavy (non-hydrogen) atoms. The van der Waals surface area contributed by atoms with Crippen molar-refractivity contribution in [2.75, 3.05) is 26.4 Å². The molecule has 1 heterocycles. The zero-order valence-electron chi connectivity index (χ0n) is 15.7. The van der Waals surface area contributed by atoms with E-state index >= 15 is 0 Å². The molecule has 0 saturated carbocycles. The zero-order chi connectivity index (χ0) is 18.9. The van der Waals surface area contributed by atoms with Crippen molar-refractivity contribution in [3.63, 3.8) is 0 Å². The largest absolute Gasteiger partial charge is 0.490 e. The van der Waals surface area contributed by atoms with E-state index in [-0.39, 0.29) is 6.61 Å². The van der Waals surface area contributed by atoms with Gasteiger partial charge in [-0.05, 0) is 31.9 Å². The molecule has 0 fully saturated rings. The molecule has 0 radical (unpaired) electrons. The summed E-state index contributed by atoms with van der Waals surface area (Å²) in [4.78, 5) is 9.55. The van der Waals surface area contributed by atoms with Crippen LogP contribution >= 0.6 is 11.6 Å². The second kappa shape index (κ2) is 10.4. The van der Waals surface area contributed by atoms with Crippen molar-refractivity contribution in [2.24, 2.45) is 0 Å². The Hall–Kier alpha value is -1.76. The number of halogens is 1. The third-order valence-electron chi connectivity index (χ3n) is 3.83. The van der Waals surface area contributed by atoms with E-state index < -0.39 is 0 Å². The lowest BCUT2D eigenvalue weighted by atomic mass is 10.1. The van der Waals surface area contributed by atoms with Crippen LogP contribution in [0.5, 0.6) is 11.5 Å². The number of ether oxygens (including phenoxy) is 2. The van der Waals surface area contributed by atoms with Crippen LogP contribution in [0, 0.1) is 6.92 Å². The second-order valence-electron chi connectivity index (χ2n) is 6.10. The predicted molar refractivity (Wildman–Crippen MR) is 103 cm³/mol. The van der Waals surface area contributed by atoms with E-state index in [9.17, 15) is 5.11 Å². The molecule has 0 amide bonds. The number of hydrogen-bond acceptors (Lipinski definition) is 5. The summed E-state index contributed by atoms with van der Waals surface area (Å²) in [5, 5.41) is 10.0. The number of aryl methyl sites for hydroxylation is 1. The molecule has 0 saturated heterocycles. The van der Waals surface area contributed by atoms with E-state index in [2.05, 4.69) is 21.8 Å². The van der Waals surface area contributed by atoms with Crippen molar-refractivity contribution in [1.82, 2.24) is 14.9 Å². The summed E-state index contributed by atoms with van der Waals surface area (Å²) in [5.74, 6) is 2.24. The number of benzene rings is 1. The van der Waals surface area contributed by atoms with Crippen LogP contribution in [-0.2, 0) is 13.1 Å². The number of nitrogens with zero attached hydrogens (tertiary/aromatic N) is 2. The molecule has 0 unspecified atom stereocenters. The molecule has 0 bridgehead atoms. The number of H-pyrrole nitrogens is 1. The van der Waals surface area contributed by atoms with Crippen LogP contribution in [0.3, 0.4) is 0 Å². The van der Waals surface area contributed by atoms with E-state index in [0.717, 1.165) is 23.5 Å². The Morgan fingerprint density at radius 3 is 2.58 bits per heavy atom. The standard InChI is InChI=1S/C19H28ClN3O3/c1-4-8-26-19-10-17(20)15(9-18(19)25-5-2)12-23(6-7-24)13-16-11-21-14(3)22-16/h9-11,24H,4-8,12-13H2,1-3H3,(H,21,22). The molecule has 2 rings (SSSR count). The lowest BCUT2D eigenvalue weighted by molar-refractivity contribution is 0.182. The number of aliphatic hydroxyl groups is 1. The van der Waals surface area contributed by atoms with Gasteiger partial charge >= 0.3 is 0 Å². The number of aromatic amines is 1. The first-order chi connectivity index (χ1) is 12.6. The topological polar surface area (TPSA) is 70.6 Å². The summed E-state index contributed by atoms with van der Waals surface area (Å²) < 4.78 is 11.5. The molecule has 1 aromatic heterocycles. The van der Waals surface area contributed by atoms with Gasteiger partial charge in [0.1, 0.15) is 5.82 Å². The molecule has 0 aliphatic heterocycles. The Bertz CT molecular complexity index is 691. The van der Waals surface area contributed by atoms with Crippen molar-refractivity contribution in [2.45, 2.75) is 40.3 Å². The average Bonchev–Trinajstić information content (AvgIpc) is 3.01. The summed E-state index contributed by atoms with van der Waals surface area (Å²) in [6, 6.07) is 3.74. The monoisotopic (exact) mass is 381 g/mol. The van der Waals surface area contributed by atoms with Crippen LogP contribution in [0.4, 0.5) is 0 Å². The van der Waals surface area contributed by atoms with Gasteiger partial charge in [-0.1, -0.05) is 18.5 Å². The van der Waals surface area contributed by atoms with Crippen molar-refractivity contribution >= 4 is 11.6 Å². The highest BCUT2D eigenvalue weighted by atomic mass is 35.5. The molecule has 0 aliphatic rings. The van der Waals surface area contributed by atoms with Crippen LogP contribution in [0.15, 0.2) is 18.3 Å². The smallest absolute Gasteiger partial charge is 0.162 e. The molecular weight excluding hydrogens is 354 g/mol. The quantitative estimate of drug-likeness (QED) is 0.622. The molecule has 6 nitrogen and oxygen atoms in total. The molecule has 2 N–H and O–H groups in total. The third kappa shape index (κ3) is 5.90. The molecule has 1 aromatic carbocycles. The molecule has 144 valence electrons. The molecular formula is C19H28ClN3O3. The Labute approximate surface area is 160 Å². The Kier molecular flexibility index (Phi) is 8.22. The molecule has 0 aliphatic carbocycles. The summed E-state index contributed by atoms with van der Waals surface area (Å²) >= 11 is 6.49. The van der Waals surface area contributed by atoms with E-state index in [1.54, 1.807) is 0 Å². The maximum Gasteiger partial charge on any atom is 0.162 e. The summed E-state index contributed by atoms with van der Waals surface area (Å²) in [7, 11) is 0. The van der Waals surface area contributed by atoms with Gasteiger partial charge in [0.25, 0.3) is 0 Å². The molecule has 2 aromatic rings. The van der Waals surface area contributed by atoms with E-state index in [0.29, 0.717) is 49.4 Å². The SMILES string of the molecule is CCCOc1cc(Cl)c(CN(CCO)Cc2cnc(C)[nH]2)cc1OCC. The van der Waals surface area contributed by atoms with Gasteiger partial charge in [-0.25, -0.2) is 4.98 Å². The highest BCUT2D eigenvalue weighted by Gasteiger charge is 2.15. The van der Waals surface area contributed by atoms with Gasteiger partial charge in [0.2, 0.25) is 0 Å². The highest BCUT2D eigenvalue weighted by molar-refractivity contribution is 6.31. The molecule has 0 atom stereocenters. The zero-order valence-corrected chi connectivity index (χ0v) is 16.5. The first-order valence-electron chi connectivity index (χ1n) is 8.99. The van der Waals surface area contributed by atoms with Gasteiger partial charge in [-0.2, -0.15) is 0 Å². The minimum Gasteiger partial charge on any atom is -0.490 e. The van der Waals surface area contributed by atoms with Gasteiger partial charge in [0.15, 0.2) is 11.5 Å². The fraction of sp³-hybridized carbons (Fsp3) is 0.526. The Morgan fingerprint density at radius 2 is 1.96 bits per heavy atom. The Morgan fingerprint density at radius 1 is 1.19 bits per heavy atom. The normalized spacial score (nSPS) is 11.2. The number of hydrogen-bond donors (Lipinski definition) is 2. The molecule has 7 heteroatoms. The minimum atomic E-state index is 0.0702. The van der Waals surface area contributed by atoms with Gasteiger partial charge in [0.05, 0.1) is 19.8 Å². The number of rotatable bonds is 11. The summed E-state index contributed by atoms with van der Waals surface area (Å²) in [5.41, 5.74) is 1.93. The fourth-order valence-electron chi connectivity index (χ4n) is 2.68. The Balaban J connectivity index is 2.19. The fourth-order valence-corrected chi connectivity index (χ4v) is 2.89. The van der Waals surface area contributed by atoms with Crippen molar-refractivity contribution < 1.29 is 14.6 Å². The predicted octanol–water partition coefficient (Wildman–Crippen LogP) is 3.55. The second-order valence-corrected chi connectivity index (χ2v) is 6.51. The van der Waals surface area contributed by atoms with Crippen LogP contribution < -0.4 is 9.47 Å².